The van der Waals surface area contributed by atoms with Crippen LogP contribution in [0.1, 0.15) is 12.5 Å². The predicted molar refractivity (Wildman–Crippen MR) is 54.2 cm³/mol. The summed E-state index contributed by atoms with van der Waals surface area (Å²) in [5.41, 5.74) is 6.25. The molecule has 0 spiro atoms. The first-order valence-electron chi connectivity index (χ1n) is 4.46. The molecule has 0 saturated heterocycles. The standard InChI is InChI=1S/C10H16N2O2/c1-10(11,7-13)6-8-3-4-12-9(5-8)14-2/h3-5,13H,6-7,11H2,1-2H3. The molecule has 0 saturated carbocycles. The van der Waals surface area contributed by atoms with Gasteiger partial charge in [-0.15, -0.1) is 0 Å². The molecule has 1 aromatic rings. The Balaban J connectivity index is 2.76. The van der Waals surface area contributed by atoms with Gasteiger partial charge in [0.1, 0.15) is 0 Å². The Hall–Kier alpha value is -1.13. The van der Waals surface area contributed by atoms with Gasteiger partial charge in [-0.25, -0.2) is 4.98 Å². The minimum atomic E-state index is -0.591. The maximum absolute atomic E-state index is 9.01. The molecular weight excluding hydrogens is 180 g/mol. The van der Waals surface area contributed by atoms with Gasteiger partial charge in [0.25, 0.3) is 0 Å². The largest absolute Gasteiger partial charge is 0.481 e. The highest BCUT2D eigenvalue weighted by atomic mass is 16.5. The van der Waals surface area contributed by atoms with Crippen molar-refractivity contribution in [3.05, 3.63) is 23.9 Å². The molecule has 1 heterocycles. The van der Waals surface area contributed by atoms with Gasteiger partial charge < -0.3 is 15.6 Å². The summed E-state index contributed by atoms with van der Waals surface area (Å²) in [6, 6.07) is 3.68. The number of nitrogens with zero attached hydrogens (tertiary/aromatic N) is 1. The smallest absolute Gasteiger partial charge is 0.213 e. The number of methoxy groups -OCH3 is 1. The first-order chi connectivity index (χ1) is 6.57. The molecule has 0 aromatic carbocycles. The lowest BCUT2D eigenvalue weighted by Crippen LogP contribution is -2.42. The van der Waals surface area contributed by atoms with Crippen LogP contribution in [-0.4, -0.2) is 29.3 Å². The van der Waals surface area contributed by atoms with E-state index in [1.54, 1.807) is 20.2 Å². The van der Waals surface area contributed by atoms with Gasteiger partial charge in [0.05, 0.1) is 13.7 Å². The van der Waals surface area contributed by atoms with Crippen LogP contribution in [0.2, 0.25) is 0 Å². The van der Waals surface area contributed by atoms with E-state index in [9.17, 15) is 0 Å². The van der Waals surface area contributed by atoms with E-state index in [-0.39, 0.29) is 6.61 Å². The normalized spacial score (nSPS) is 14.9. The van der Waals surface area contributed by atoms with Crippen LogP contribution in [0.5, 0.6) is 5.88 Å². The molecule has 4 nitrogen and oxygen atoms in total. The highest BCUT2D eigenvalue weighted by Crippen LogP contribution is 2.13. The van der Waals surface area contributed by atoms with Crippen molar-refractivity contribution in [1.82, 2.24) is 4.98 Å². The highest BCUT2D eigenvalue weighted by molar-refractivity contribution is 5.22. The Morgan fingerprint density at radius 3 is 2.93 bits per heavy atom. The average molecular weight is 196 g/mol. The fourth-order valence-corrected chi connectivity index (χ4v) is 1.19. The van der Waals surface area contributed by atoms with E-state index in [1.807, 2.05) is 12.1 Å². The molecule has 0 aliphatic rings. The summed E-state index contributed by atoms with van der Waals surface area (Å²) in [5, 5.41) is 9.01. The van der Waals surface area contributed by atoms with E-state index in [1.165, 1.54) is 0 Å². The van der Waals surface area contributed by atoms with Gasteiger partial charge in [-0.05, 0) is 25.0 Å². The second-order valence-electron chi connectivity index (χ2n) is 3.70. The van der Waals surface area contributed by atoms with Crippen LogP contribution >= 0.6 is 0 Å². The highest BCUT2D eigenvalue weighted by Gasteiger charge is 2.17. The summed E-state index contributed by atoms with van der Waals surface area (Å²) >= 11 is 0. The molecular formula is C10H16N2O2. The summed E-state index contributed by atoms with van der Waals surface area (Å²) in [7, 11) is 1.57. The van der Waals surface area contributed by atoms with Crippen molar-refractivity contribution >= 4 is 0 Å². The Labute approximate surface area is 83.7 Å². The summed E-state index contributed by atoms with van der Waals surface area (Å²) in [4.78, 5) is 3.99. The third-order valence-corrected chi connectivity index (χ3v) is 1.98. The topological polar surface area (TPSA) is 68.4 Å². The molecule has 0 aliphatic carbocycles. The third kappa shape index (κ3) is 2.97. The minimum Gasteiger partial charge on any atom is -0.481 e. The van der Waals surface area contributed by atoms with Gasteiger partial charge in [0.2, 0.25) is 5.88 Å². The second-order valence-corrected chi connectivity index (χ2v) is 3.70. The molecule has 0 bridgehead atoms. The maximum Gasteiger partial charge on any atom is 0.213 e. The molecule has 0 aliphatic heterocycles. The van der Waals surface area contributed by atoms with Crippen LogP contribution < -0.4 is 10.5 Å². The number of aliphatic hydroxyl groups is 1. The zero-order valence-corrected chi connectivity index (χ0v) is 8.53. The van der Waals surface area contributed by atoms with Crippen LogP contribution in [0.15, 0.2) is 18.3 Å². The van der Waals surface area contributed by atoms with Crippen molar-refractivity contribution in [1.29, 1.82) is 0 Å². The fourth-order valence-electron chi connectivity index (χ4n) is 1.19. The molecule has 1 unspecified atom stereocenters. The zero-order chi connectivity index (χ0) is 10.6. The predicted octanol–water partition coefficient (Wildman–Crippen LogP) is 0.342. The number of rotatable bonds is 4. The lowest BCUT2D eigenvalue weighted by molar-refractivity contribution is 0.208. The minimum absolute atomic E-state index is 0.0440. The maximum atomic E-state index is 9.01. The van der Waals surface area contributed by atoms with Crippen molar-refractivity contribution in [2.45, 2.75) is 18.9 Å². The number of hydrogen-bond acceptors (Lipinski definition) is 4. The van der Waals surface area contributed by atoms with Gasteiger partial charge in [0.15, 0.2) is 0 Å². The van der Waals surface area contributed by atoms with E-state index in [0.717, 1.165) is 5.56 Å². The second kappa shape index (κ2) is 4.39. The van der Waals surface area contributed by atoms with Gasteiger partial charge >= 0.3 is 0 Å². The number of nitrogens with two attached hydrogens (primary N) is 1. The van der Waals surface area contributed by atoms with Crippen LogP contribution in [0.3, 0.4) is 0 Å². The average Bonchev–Trinajstić information content (AvgIpc) is 2.17. The van der Waals surface area contributed by atoms with E-state index in [0.29, 0.717) is 12.3 Å². The molecule has 78 valence electrons. The van der Waals surface area contributed by atoms with E-state index >= 15 is 0 Å². The molecule has 0 radical (unpaired) electrons. The first-order valence-corrected chi connectivity index (χ1v) is 4.46. The monoisotopic (exact) mass is 196 g/mol. The van der Waals surface area contributed by atoms with Crippen LogP contribution in [-0.2, 0) is 6.42 Å². The molecule has 1 aromatic heterocycles. The van der Waals surface area contributed by atoms with E-state index in [4.69, 9.17) is 15.6 Å². The first kappa shape index (κ1) is 10.9. The quantitative estimate of drug-likeness (QED) is 0.728. The van der Waals surface area contributed by atoms with Crippen molar-refractivity contribution in [2.24, 2.45) is 5.73 Å². The fraction of sp³-hybridized carbons (Fsp3) is 0.500. The summed E-state index contributed by atoms with van der Waals surface area (Å²) in [5.74, 6) is 0.566. The summed E-state index contributed by atoms with van der Waals surface area (Å²) in [6.07, 6.45) is 2.27. The third-order valence-electron chi connectivity index (χ3n) is 1.98. The van der Waals surface area contributed by atoms with Crippen molar-refractivity contribution < 1.29 is 9.84 Å². The molecule has 1 rings (SSSR count). The number of hydrogen-bond donors (Lipinski definition) is 2. The van der Waals surface area contributed by atoms with Crippen molar-refractivity contribution in [3.63, 3.8) is 0 Å². The zero-order valence-electron chi connectivity index (χ0n) is 8.53. The van der Waals surface area contributed by atoms with Gasteiger partial charge in [-0.1, -0.05) is 0 Å². The van der Waals surface area contributed by atoms with Gasteiger partial charge in [0, 0.05) is 17.8 Å². The lowest BCUT2D eigenvalue weighted by atomic mass is 9.96. The van der Waals surface area contributed by atoms with Crippen molar-refractivity contribution in [3.8, 4) is 5.88 Å². The van der Waals surface area contributed by atoms with E-state index < -0.39 is 5.54 Å². The molecule has 0 fully saturated rings. The molecule has 0 amide bonds. The van der Waals surface area contributed by atoms with Crippen molar-refractivity contribution in [2.75, 3.05) is 13.7 Å². The van der Waals surface area contributed by atoms with Crippen LogP contribution in [0.25, 0.3) is 0 Å². The molecule has 14 heavy (non-hydrogen) atoms. The van der Waals surface area contributed by atoms with Gasteiger partial charge in [-0.2, -0.15) is 0 Å². The Morgan fingerprint density at radius 2 is 2.36 bits per heavy atom. The Morgan fingerprint density at radius 1 is 1.64 bits per heavy atom. The molecule has 3 N–H and O–H groups in total. The Bertz CT molecular complexity index is 300. The van der Waals surface area contributed by atoms with Crippen LogP contribution in [0, 0.1) is 0 Å². The molecule has 4 heteroatoms. The van der Waals surface area contributed by atoms with Crippen LogP contribution in [0.4, 0.5) is 0 Å². The molecule has 1 atom stereocenters. The number of ether oxygens (including phenoxy) is 1. The number of aromatic nitrogens is 1. The number of aliphatic hydroxyl groups excluding tert-OH is 1. The Kier molecular flexibility index (Phi) is 3.43. The lowest BCUT2D eigenvalue weighted by Gasteiger charge is -2.21. The SMILES string of the molecule is COc1cc(CC(C)(N)CO)ccn1. The summed E-state index contributed by atoms with van der Waals surface area (Å²) < 4.78 is 4.99. The number of pyridine rings is 1. The van der Waals surface area contributed by atoms with Gasteiger partial charge in [-0.3, -0.25) is 0 Å². The van der Waals surface area contributed by atoms with E-state index in [2.05, 4.69) is 4.98 Å². The summed E-state index contributed by atoms with van der Waals surface area (Å²) in [6.45, 7) is 1.76.